The third-order valence-electron chi connectivity index (χ3n) is 4.29. The van der Waals surface area contributed by atoms with Crippen LogP contribution in [0.2, 0.25) is 0 Å². The van der Waals surface area contributed by atoms with Crippen LogP contribution in [0.15, 0.2) is 42.7 Å². The van der Waals surface area contributed by atoms with Crippen LogP contribution < -0.4 is 4.74 Å². The molecule has 1 fully saturated rings. The number of hydrogen-bond acceptors (Lipinski definition) is 4. The Bertz CT molecular complexity index is 714. The number of ether oxygens (including phenoxy) is 1. The van der Waals surface area contributed by atoms with Gasteiger partial charge in [0.05, 0.1) is 6.10 Å². The molecule has 1 aromatic carbocycles. The lowest BCUT2D eigenvalue weighted by Gasteiger charge is -2.21. The molecule has 1 aliphatic rings. The fourth-order valence-corrected chi connectivity index (χ4v) is 2.59. The minimum atomic E-state index is -0.433. The number of nitrogens with zero attached hydrogens (tertiary/aromatic N) is 2. The molecule has 24 heavy (non-hydrogen) atoms. The van der Waals surface area contributed by atoms with Crippen molar-refractivity contribution in [2.24, 2.45) is 5.92 Å². The number of amides is 1. The van der Waals surface area contributed by atoms with Crippen LogP contribution in [0.4, 0.5) is 0 Å². The Morgan fingerprint density at radius 1 is 1.33 bits per heavy atom. The second kappa shape index (κ2) is 7.01. The Morgan fingerprint density at radius 3 is 2.71 bits per heavy atom. The van der Waals surface area contributed by atoms with E-state index in [1.165, 1.54) is 0 Å². The highest BCUT2D eigenvalue weighted by Crippen LogP contribution is 2.33. The van der Waals surface area contributed by atoms with Crippen molar-refractivity contribution >= 4 is 5.91 Å². The van der Waals surface area contributed by atoms with Gasteiger partial charge in [-0.25, -0.2) is 0 Å². The van der Waals surface area contributed by atoms with Crippen molar-refractivity contribution in [3.05, 3.63) is 53.9 Å². The number of likely N-dealkylation sites (N-methyl/N-ethyl adjacent to an activating group) is 1. The van der Waals surface area contributed by atoms with Crippen LogP contribution in [-0.2, 0) is 0 Å². The van der Waals surface area contributed by atoms with Crippen molar-refractivity contribution < 1.29 is 14.6 Å². The summed E-state index contributed by atoms with van der Waals surface area (Å²) in [6.45, 7) is 2.29. The van der Waals surface area contributed by atoms with Crippen LogP contribution in [0.25, 0.3) is 0 Å². The zero-order valence-electron chi connectivity index (χ0n) is 14.0. The Balaban J connectivity index is 1.73. The van der Waals surface area contributed by atoms with Crippen molar-refractivity contribution in [3.8, 4) is 11.5 Å². The predicted octanol–water partition coefficient (Wildman–Crippen LogP) is 3.03. The van der Waals surface area contributed by atoms with E-state index in [4.69, 9.17) is 4.74 Å². The lowest BCUT2D eigenvalue weighted by molar-refractivity contribution is 0.0645. The molecular weight excluding hydrogens is 304 g/mol. The molecule has 2 aromatic rings. The number of carbonyl (C=O) groups excluding carboxylic acids is 1. The first-order valence-corrected chi connectivity index (χ1v) is 8.16. The smallest absolute Gasteiger partial charge is 0.253 e. The molecule has 1 atom stereocenters. The Kier molecular flexibility index (Phi) is 4.81. The maximum Gasteiger partial charge on any atom is 0.253 e. The lowest BCUT2D eigenvalue weighted by atomic mass is 10.1. The second-order valence-corrected chi connectivity index (χ2v) is 6.36. The van der Waals surface area contributed by atoms with E-state index in [1.54, 1.807) is 48.6 Å². The summed E-state index contributed by atoms with van der Waals surface area (Å²) in [5.74, 6) is 1.55. The summed E-state index contributed by atoms with van der Waals surface area (Å²) in [6.07, 6.45) is 4.99. The Hall–Kier alpha value is -2.40. The first-order valence-electron chi connectivity index (χ1n) is 8.16. The molecule has 1 unspecified atom stereocenters. The van der Waals surface area contributed by atoms with Gasteiger partial charge in [-0.3, -0.25) is 9.78 Å². The largest absolute Gasteiger partial charge is 0.457 e. The van der Waals surface area contributed by atoms with Gasteiger partial charge in [0.15, 0.2) is 0 Å². The SMILES string of the molecule is Cc1ccc(C(=O)N(C)CC(O)C2CC2)cc1Oc1ccncc1. The molecular formula is C19H22N2O3. The quantitative estimate of drug-likeness (QED) is 0.886. The van der Waals surface area contributed by atoms with Gasteiger partial charge in [-0.1, -0.05) is 6.07 Å². The van der Waals surface area contributed by atoms with Crippen LogP contribution in [-0.4, -0.2) is 40.6 Å². The number of hydrogen-bond donors (Lipinski definition) is 1. The molecule has 0 saturated heterocycles. The number of pyridine rings is 1. The van der Waals surface area contributed by atoms with Gasteiger partial charge < -0.3 is 14.7 Å². The van der Waals surface area contributed by atoms with Crippen LogP contribution in [0, 0.1) is 12.8 Å². The van der Waals surface area contributed by atoms with Gasteiger partial charge in [0.1, 0.15) is 11.5 Å². The highest BCUT2D eigenvalue weighted by molar-refractivity contribution is 5.94. The highest BCUT2D eigenvalue weighted by Gasteiger charge is 2.31. The van der Waals surface area contributed by atoms with E-state index < -0.39 is 6.10 Å². The third kappa shape index (κ3) is 3.92. The minimum absolute atomic E-state index is 0.116. The fourth-order valence-electron chi connectivity index (χ4n) is 2.59. The number of carbonyl (C=O) groups is 1. The molecule has 5 nitrogen and oxygen atoms in total. The number of aromatic nitrogens is 1. The molecule has 3 rings (SSSR count). The summed E-state index contributed by atoms with van der Waals surface area (Å²) in [5.41, 5.74) is 1.50. The van der Waals surface area contributed by atoms with E-state index >= 15 is 0 Å². The van der Waals surface area contributed by atoms with E-state index in [0.717, 1.165) is 18.4 Å². The molecule has 0 aliphatic heterocycles. The second-order valence-electron chi connectivity index (χ2n) is 6.36. The Morgan fingerprint density at radius 2 is 2.04 bits per heavy atom. The van der Waals surface area contributed by atoms with E-state index in [-0.39, 0.29) is 5.91 Å². The number of aliphatic hydroxyl groups is 1. The first kappa shape index (κ1) is 16.5. The van der Waals surface area contributed by atoms with E-state index in [1.807, 2.05) is 13.0 Å². The van der Waals surface area contributed by atoms with Gasteiger partial charge >= 0.3 is 0 Å². The topological polar surface area (TPSA) is 62.7 Å². The van der Waals surface area contributed by atoms with Gasteiger partial charge in [0.2, 0.25) is 0 Å². The molecule has 1 N–H and O–H groups in total. The number of benzene rings is 1. The van der Waals surface area contributed by atoms with Crippen LogP contribution >= 0.6 is 0 Å². The molecule has 1 aliphatic carbocycles. The zero-order chi connectivity index (χ0) is 17.1. The van der Waals surface area contributed by atoms with E-state index in [0.29, 0.717) is 29.5 Å². The van der Waals surface area contributed by atoms with Gasteiger partial charge in [-0.05, 0) is 55.5 Å². The van der Waals surface area contributed by atoms with Gasteiger partial charge in [0, 0.05) is 31.5 Å². The maximum atomic E-state index is 12.6. The van der Waals surface area contributed by atoms with Crippen molar-refractivity contribution in [1.82, 2.24) is 9.88 Å². The summed E-state index contributed by atoms with van der Waals surface area (Å²) in [5, 5.41) is 10.0. The summed E-state index contributed by atoms with van der Waals surface area (Å²) >= 11 is 0. The fraction of sp³-hybridized carbons (Fsp3) is 0.368. The summed E-state index contributed by atoms with van der Waals surface area (Å²) < 4.78 is 5.85. The normalized spacial score (nSPS) is 15.0. The molecule has 1 heterocycles. The molecule has 5 heteroatoms. The van der Waals surface area contributed by atoms with Crippen LogP contribution in [0.3, 0.4) is 0 Å². The molecule has 1 saturated carbocycles. The molecule has 0 radical (unpaired) electrons. The lowest BCUT2D eigenvalue weighted by Crippen LogP contribution is -2.35. The van der Waals surface area contributed by atoms with E-state index in [2.05, 4.69) is 4.98 Å². The third-order valence-corrected chi connectivity index (χ3v) is 4.29. The number of aliphatic hydroxyl groups excluding tert-OH is 1. The summed E-state index contributed by atoms with van der Waals surface area (Å²) in [4.78, 5) is 18.1. The maximum absolute atomic E-state index is 12.6. The minimum Gasteiger partial charge on any atom is -0.457 e. The van der Waals surface area contributed by atoms with Crippen LogP contribution in [0.5, 0.6) is 11.5 Å². The standard InChI is InChI=1S/C19H22N2O3/c1-13-3-4-15(11-18(13)24-16-7-9-20-10-8-16)19(23)21(2)12-17(22)14-5-6-14/h3-4,7-11,14,17,22H,5-6,12H2,1-2H3. The van der Waals surface area contributed by atoms with Crippen LogP contribution in [0.1, 0.15) is 28.8 Å². The highest BCUT2D eigenvalue weighted by atomic mass is 16.5. The summed E-state index contributed by atoms with van der Waals surface area (Å²) in [7, 11) is 1.72. The van der Waals surface area contributed by atoms with Gasteiger partial charge in [0.25, 0.3) is 5.91 Å². The molecule has 1 aromatic heterocycles. The first-order chi connectivity index (χ1) is 11.5. The van der Waals surface area contributed by atoms with Gasteiger partial charge in [-0.15, -0.1) is 0 Å². The predicted molar refractivity (Wildman–Crippen MR) is 91.2 cm³/mol. The average Bonchev–Trinajstić information content (AvgIpc) is 3.42. The van der Waals surface area contributed by atoms with Crippen molar-refractivity contribution in [1.29, 1.82) is 0 Å². The van der Waals surface area contributed by atoms with Crippen molar-refractivity contribution in [3.63, 3.8) is 0 Å². The van der Waals surface area contributed by atoms with Gasteiger partial charge in [-0.2, -0.15) is 0 Å². The molecule has 0 bridgehead atoms. The number of rotatable bonds is 6. The average molecular weight is 326 g/mol. The Labute approximate surface area is 141 Å². The zero-order valence-corrected chi connectivity index (χ0v) is 14.0. The summed E-state index contributed by atoms with van der Waals surface area (Å²) in [6, 6.07) is 8.95. The van der Waals surface area contributed by atoms with Crippen molar-refractivity contribution in [2.75, 3.05) is 13.6 Å². The monoisotopic (exact) mass is 326 g/mol. The number of aryl methyl sites for hydroxylation is 1. The molecule has 0 spiro atoms. The van der Waals surface area contributed by atoms with Crippen molar-refractivity contribution in [2.45, 2.75) is 25.9 Å². The molecule has 1 amide bonds. The molecule has 126 valence electrons. The van der Waals surface area contributed by atoms with E-state index in [9.17, 15) is 9.90 Å².